The maximum absolute atomic E-state index is 6.19. The van der Waals surface area contributed by atoms with Crippen LogP contribution in [0.5, 0.6) is 5.75 Å². The van der Waals surface area contributed by atoms with Gasteiger partial charge in [0.15, 0.2) is 0 Å². The summed E-state index contributed by atoms with van der Waals surface area (Å²) in [5.74, 6) is 0.798. The van der Waals surface area contributed by atoms with Crippen LogP contribution in [0.15, 0.2) is 36.4 Å². The van der Waals surface area contributed by atoms with Crippen molar-refractivity contribution in [2.24, 2.45) is 0 Å². The zero-order valence-electron chi connectivity index (χ0n) is 13.5. The second-order valence-electron chi connectivity index (χ2n) is 5.41. The third-order valence-corrected chi connectivity index (χ3v) is 4.34. The minimum Gasteiger partial charge on any atom is -0.489 e. The van der Waals surface area contributed by atoms with Crippen LogP contribution in [0.1, 0.15) is 17.5 Å². The van der Waals surface area contributed by atoms with Gasteiger partial charge >= 0.3 is 0 Å². The van der Waals surface area contributed by atoms with E-state index >= 15 is 0 Å². The molecule has 0 amide bonds. The van der Waals surface area contributed by atoms with Gasteiger partial charge in [-0.25, -0.2) is 0 Å². The Kier molecular flexibility index (Phi) is 8.16. The van der Waals surface area contributed by atoms with E-state index in [9.17, 15) is 0 Å². The lowest BCUT2D eigenvalue weighted by Crippen LogP contribution is -2.19. The summed E-state index contributed by atoms with van der Waals surface area (Å²) in [4.78, 5) is 0. The fourth-order valence-electron chi connectivity index (χ4n) is 2.23. The molecule has 0 radical (unpaired) electrons. The monoisotopic (exact) mass is 386 g/mol. The third-order valence-electron chi connectivity index (χ3n) is 3.52. The number of hydrogen-bond acceptors (Lipinski definition) is 3. The molecule has 0 aromatic heterocycles. The van der Waals surface area contributed by atoms with E-state index in [1.54, 1.807) is 12.1 Å². The largest absolute Gasteiger partial charge is 0.489 e. The van der Waals surface area contributed by atoms with Crippen LogP contribution in [-0.2, 0) is 13.2 Å². The van der Waals surface area contributed by atoms with E-state index in [2.05, 4.69) is 10.6 Å². The molecular weight excluding hydrogens is 367 g/mol. The Labute approximate surface area is 158 Å². The van der Waals surface area contributed by atoms with Crippen molar-refractivity contribution < 1.29 is 4.74 Å². The molecule has 2 rings (SSSR count). The minimum absolute atomic E-state index is 0.379. The minimum atomic E-state index is 0.379. The second-order valence-corrected chi connectivity index (χ2v) is 6.69. The van der Waals surface area contributed by atoms with Crippen molar-refractivity contribution in [3.63, 3.8) is 0 Å². The quantitative estimate of drug-likeness (QED) is 0.599. The Bertz CT molecular complexity index is 665. The third kappa shape index (κ3) is 6.15. The average molecular weight is 388 g/mol. The highest BCUT2D eigenvalue weighted by molar-refractivity contribution is 6.35. The normalized spacial score (nSPS) is 10.8. The molecule has 0 unspecified atom stereocenters. The van der Waals surface area contributed by atoms with Crippen LogP contribution in [0, 0.1) is 0 Å². The van der Waals surface area contributed by atoms with Crippen molar-refractivity contribution >= 4 is 34.8 Å². The Morgan fingerprint density at radius 1 is 0.917 bits per heavy atom. The predicted molar refractivity (Wildman–Crippen MR) is 102 cm³/mol. The van der Waals surface area contributed by atoms with Crippen molar-refractivity contribution in [3.8, 4) is 5.75 Å². The maximum atomic E-state index is 6.19. The Morgan fingerprint density at radius 2 is 1.67 bits per heavy atom. The van der Waals surface area contributed by atoms with Gasteiger partial charge in [0.05, 0.1) is 0 Å². The van der Waals surface area contributed by atoms with Crippen LogP contribution in [-0.4, -0.2) is 20.1 Å². The van der Waals surface area contributed by atoms with E-state index in [0.717, 1.165) is 36.4 Å². The van der Waals surface area contributed by atoms with E-state index in [0.29, 0.717) is 28.2 Å². The smallest absolute Gasteiger partial charge is 0.124 e. The number of hydrogen-bond donors (Lipinski definition) is 2. The summed E-state index contributed by atoms with van der Waals surface area (Å²) in [6, 6.07) is 11.0. The summed E-state index contributed by atoms with van der Waals surface area (Å²) >= 11 is 18.2. The van der Waals surface area contributed by atoms with E-state index in [4.69, 9.17) is 39.5 Å². The second kappa shape index (κ2) is 10.1. The van der Waals surface area contributed by atoms with Gasteiger partial charge in [-0.15, -0.1) is 0 Å². The van der Waals surface area contributed by atoms with Crippen molar-refractivity contribution in [3.05, 3.63) is 62.6 Å². The van der Waals surface area contributed by atoms with Gasteiger partial charge in [-0.1, -0.05) is 40.9 Å². The molecule has 6 heteroatoms. The van der Waals surface area contributed by atoms with Gasteiger partial charge in [0, 0.05) is 32.7 Å². The van der Waals surface area contributed by atoms with Gasteiger partial charge < -0.3 is 15.4 Å². The van der Waals surface area contributed by atoms with E-state index in [-0.39, 0.29) is 0 Å². The van der Waals surface area contributed by atoms with Gasteiger partial charge in [0.25, 0.3) is 0 Å². The first-order chi connectivity index (χ1) is 11.6. The van der Waals surface area contributed by atoms with Crippen LogP contribution >= 0.6 is 34.8 Å². The molecule has 0 saturated heterocycles. The van der Waals surface area contributed by atoms with Crippen LogP contribution in [0.3, 0.4) is 0 Å². The number of nitrogens with one attached hydrogen (secondary N) is 2. The molecule has 0 aliphatic heterocycles. The van der Waals surface area contributed by atoms with Gasteiger partial charge in [-0.05, 0) is 56.9 Å². The molecule has 0 heterocycles. The lowest BCUT2D eigenvalue weighted by molar-refractivity contribution is 0.302. The van der Waals surface area contributed by atoms with Crippen molar-refractivity contribution in [2.45, 2.75) is 19.6 Å². The highest BCUT2D eigenvalue weighted by Gasteiger charge is 2.07. The molecule has 130 valence electrons. The summed E-state index contributed by atoms with van der Waals surface area (Å²) in [6.45, 7) is 3.00. The molecule has 2 aromatic rings. The van der Waals surface area contributed by atoms with Crippen LogP contribution in [0.2, 0.25) is 15.1 Å². The summed E-state index contributed by atoms with van der Waals surface area (Å²) in [6.07, 6.45) is 1.06. The van der Waals surface area contributed by atoms with Crippen molar-refractivity contribution in [2.75, 3.05) is 20.1 Å². The molecule has 0 saturated carbocycles. The molecule has 0 atom stereocenters. The summed E-state index contributed by atoms with van der Waals surface area (Å²) in [7, 11) is 1.95. The number of halogens is 3. The molecule has 2 aromatic carbocycles. The highest BCUT2D eigenvalue weighted by atomic mass is 35.5. The molecule has 24 heavy (non-hydrogen) atoms. The zero-order valence-corrected chi connectivity index (χ0v) is 15.8. The first kappa shape index (κ1) is 19.4. The molecule has 0 bridgehead atoms. The standard InChI is InChI=1S/C18H21Cl3N2O/c1-22-7-2-8-23-11-14-9-15(19)5-6-18(14)24-12-13-3-4-16(20)10-17(13)21/h3-6,9-10,22-23H,2,7-8,11-12H2,1H3. The molecular formula is C18H21Cl3N2O. The topological polar surface area (TPSA) is 33.3 Å². The SMILES string of the molecule is CNCCCNCc1cc(Cl)ccc1OCc1ccc(Cl)cc1Cl. The van der Waals surface area contributed by atoms with Crippen molar-refractivity contribution in [1.29, 1.82) is 0 Å². The Balaban J connectivity index is 1.98. The summed E-state index contributed by atoms with van der Waals surface area (Å²) in [5, 5.41) is 8.43. The molecule has 0 aliphatic carbocycles. The predicted octanol–water partition coefficient (Wildman–Crippen LogP) is 4.92. The van der Waals surface area contributed by atoms with Gasteiger partial charge in [-0.2, -0.15) is 0 Å². The molecule has 0 aliphatic rings. The Morgan fingerprint density at radius 3 is 2.42 bits per heavy atom. The lowest BCUT2D eigenvalue weighted by atomic mass is 10.2. The average Bonchev–Trinajstić information content (AvgIpc) is 2.55. The molecule has 2 N–H and O–H groups in total. The zero-order chi connectivity index (χ0) is 17.4. The van der Waals surface area contributed by atoms with Crippen LogP contribution in [0.4, 0.5) is 0 Å². The van der Waals surface area contributed by atoms with E-state index in [1.165, 1.54) is 0 Å². The fraction of sp³-hybridized carbons (Fsp3) is 0.333. The summed E-state index contributed by atoms with van der Waals surface area (Å²) in [5.41, 5.74) is 1.92. The van der Waals surface area contributed by atoms with Gasteiger partial charge in [0.2, 0.25) is 0 Å². The molecule has 3 nitrogen and oxygen atoms in total. The van der Waals surface area contributed by atoms with Gasteiger partial charge in [0.1, 0.15) is 12.4 Å². The summed E-state index contributed by atoms with van der Waals surface area (Å²) < 4.78 is 5.94. The van der Waals surface area contributed by atoms with E-state index < -0.39 is 0 Å². The lowest BCUT2D eigenvalue weighted by Gasteiger charge is -2.14. The fourth-order valence-corrected chi connectivity index (χ4v) is 2.89. The van der Waals surface area contributed by atoms with Gasteiger partial charge in [-0.3, -0.25) is 0 Å². The number of rotatable bonds is 9. The van der Waals surface area contributed by atoms with Crippen molar-refractivity contribution in [1.82, 2.24) is 10.6 Å². The van der Waals surface area contributed by atoms with Crippen LogP contribution in [0.25, 0.3) is 0 Å². The first-order valence-electron chi connectivity index (χ1n) is 7.80. The van der Waals surface area contributed by atoms with E-state index in [1.807, 2.05) is 31.3 Å². The number of benzene rings is 2. The first-order valence-corrected chi connectivity index (χ1v) is 8.94. The molecule has 0 spiro atoms. The van der Waals surface area contributed by atoms with Crippen LogP contribution < -0.4 is 15.4 Å². The number of ether oxygens (including phenoxy) is 1. The Hall–Kier alpha value is -0.970. The maximum Gasteiger partial charge on any atom is 0.124 e. The molecule has 0 fully saturated rings. The highest BCUT2D eigenvalue weighted by Crippen LogP contribution is 2.26.